The van der Waals surface area contributed by atoms with Crippen LogP contribution in [0.15, 0.2) is 173 Å². The van der Waals surface area contributed by atoms with Crippen molar-refractivity contribution < 1.29 is 8.83 Å². The summed E-state index contributed by atoms with van der Waals surface area (Å²) in [4.78, 5) is 4.36. The summed E-state index contributed by atoms with van der Waals surface area (Å²) >= 11 is 0. The van der Waals surface area contributed by atoms with Crippen LogP contribution in [0.2, 0.25) is 0 Å². The van der Waals surface area contributed by atoms with Gasteiger partial charge in [-0.2, -0.15) is 0 Å². The van der Waals surface area contributed by atoms with Gasteiger partial charge in [0.1, 0.15) is 22.3 Å². The predicted molar refractivity (Wildman–Crippen MR) is 280 cm³/mol. The largest absolute Gasteiger partial charge is 0.455 e. The van der Waals surface area contributed by atoms with Gasteiger partial charge in [-0.15, -0.1) is 0 Å². The monoisotopic (exact) mass is 877 g/mol. The van der Waals surface area contributed by atoms with Crippen molar-refractivity contribution in [2.24, 2.45) is 0 Å². The molecule has 0 N–H and O–H groups in total. The van der Waals surface area contributed by atoms with Crippen molar-refractivity contribution in [2.45, 2.75) is 77.0 Å². The van der Waals surface area contributed by atoms with Gasteiger partial charge in [0.25, 0.3) is 0 Å². The van der Waals surface area contributed by atoms with Gasteiger partial charge in [-0.3, -0.25) is 4.98 Å². The molecule has 0 aliphatic heterocycles. The minimum atomic E-state index is -0.293. The third-order valence-corrected chi connectivity index (χ3v) is 16.6. The zero-order chi connectivity index (χ0) is 46.0. The van der Waals surface area contributed by atoms with Gasteiger partial charge in [-0.05, 0) is 127 Å². The second-order valence-corrected chi connectivity index (χ2v) is 21.5. The molecule has 3 aromatic heterocycles. The smallest absolute Gasteiger partial charge is 0.144 e. The molecule has 3 aliphatic rings. The van der Waals surface area contributed by atoms with Crippen molar-refractivity contribution in [1.82, 2.24) is 4.98 Å². The van der Waals surface area contributed by atoms with Crippen LogP contribution in [-0.4, -0.2) is 4.98 Å². The third kappa shape index (κ3) is 5.17. The number of para-hydroxylation sites is 2. The molecule has 3 heterocycles. The Morgan fingerprint density at radius 2 is 1.00 bits per heavy atom. The number of rotatable bonds is 5. The highest BCUT2D eigenvalue weighted by Gasteiger charge is 2.49. The molecule has 3 heteroatoms. The summed E-state index contributed by atoms with van der Waals surface area (Å²) in [6.45, 7) is 16.8. The summed E-state index contributed by atoms with van der Waals surface area (Å²) in [5.74, 6) is 0.104. The number of fused-ring (bicyclic) bond motifs is 19. The molecule has 3 nitrogen and oxygen atoms in total. The number of hydrogen-bond acceptors (Lipinski definition) is 3. The Bertz CT molecular complexity index is 3970. The zero-order valence-electron chi connectivity index (χ0n) is 39.6. The summed E-state index contributed by atoms with van der Waals surface area (Å²) in [5.41, 5.74) is 26.6. The van der Waals surface area contributed by atoms with E-state index in [9.17, 15) is 0 Å². The van der Waals surface area contributed by atoms with Crippen LogP contribution in [-0.2, 0) is 22.7 Å². The lowest BCUT2D eigenvalue weighted by atomic mass is 9.71. The highest BCUT2D eigenvalue weighted by molar-refractivity contribution is 6.21. The van der Waals surface area contributed by atoms with E-state index in [1.165, 1.54) is 105 Å². The van der Waals surface area contributed by atoms with Crippen molar-refractivity contribution in [3.63, 3.8) is 0 Å². The van der Waals surface area contributed by atoms with Crippen LogP contribution in [0.1, 0.15) is 103 Å². The van der Waals surface area contributed by atoms with Gasteiger partial charge in [-0.1, -0.05) is 168 Å². The van der Waals surface area contributed by atoms with Gasteiger partial charge in [0.05, 0.1) is 0 Å². The standard InChI is InChI=1S/C65H51NO2/c1-36-20-22-37(23-21-36)32-46(39-24-26-42-49(33-39)63(2,3)51-35-47(38-28-30-66-31-29-38)61-56(54(42)51)44-15-9-12-18-52(44)67-61)40-25-27-43-50(34-40)65(6,7)60-58(43)62-57(45-16-10-13-19-53(45)68-62)55-41-14-8-11-17-48(41)64(4,5)59(55)60/h8-31,33-35,46H,32H2,1-7H3. The molecule has 1 unspecified atom stereocenters. The molecule has 0 saturated heterocycles. The predicted octanol–water partition coefficient (Wildman–Crippen LogP) is 17.1. The fourth-order valence-electron chi connectivity index (χ4n) is 13.2. The first-order valence-corrected chi connectivity index (χ1v) is 24.3. The molecule has 0 radical (unpaired) electrons. The lowest BCUT2D eigenvalue weighted by molar-refractivity contribution is 0.599. The van der Waals surface area contributed by atoms with E-state index in [1.54, 1.807) is 0 Å². The van der Waals surface area contributed by atoms with Crippen LogP contribution in [0.4, 0.5) is 0 Å². The molecule has 14 rings (SSSR count). The van der Waals surface area contributed by atoms with E-state index in [-0.39, 0.29) is 22.2 Å². The van der Waals surface area contributed by atoms with E-state index < -0.39 is 0 Å². The maximum atomic E-state index is 7.05. The van der Waals surface area contributed by atoms with Crippen molar-refractivity contribution in [3.8, 4) is 44.5 Å². The lowest BCUT2D eigenvalue weighted by Gasteiger charge is -2.31. The number of benzene rings is 8. The van der Waals surface area contributed by atoms with E-state index >= 15 is 0 Å². The summed E-state index contributed by atoms with van der Waals surface area (Å²) in [7, 11) is 0. The number of nitrogens with zero attached hydrogens (tertiary/aromatic N) is 1. The fraction of sp³-hybridized carbons (Fsp3) is 0.185. The Morgan fingerprint density at radius 1 is 0.456 bits per heavy atom. The first-order chi connectivity index (χ1) is 32.9. The number of hydrogen-bond donors (Lipinski definition) is 0. The Hall–Kier alpha value is -7.49. The molecule has 0 amide bonds. The molecule has 0 saturated carbocycles. The van der Waals surface area contributed by atoms with Gasteiger partial charge in [0.2, 0.25) is 0 Å². The van der Waals surface area contributed by atoms with Crippen LogP contribution >= 0.6 is 0 Å². The van der Waals surface area contributed by atoms with Gasteiger partial charge in [0, 0.05) is 67.2 Å². The average Bonchev–Trinajstić information content (AvgIpc) is 4.10. The first-order valence-electron chi connectivity index (χ1n) is 24.3. The molecule has 328 valence electrons. The molecular formula is C65H51NO2. The van der Waals surface area contributed by atoms with E-state index in [0.29, 0.717) is 0 Å². The molecule has 0 bridgehead atoms. The second kappa shape index (κ2) is 13.6. The molecule has 8 aromatic carbocycles. The van der Waals surface area contributed by atoms with Crippen molar-refractivity contribution >= 4 is 43.9 Å². The maximum Gasteiger partial charge on any atom is 0.144 e. The molecular weight excluding hydrogens is 827 g/mol. The SMILES string of the molecule is Cc1ccc(CC(c2ccc3c(c2)C(C)(C)c2cc(-c4ccncc4)c4oc5ccccc5c4c2-3)c2ccc3c(c2)C(C)(C)c2c4c(c5c(oc6ccccc65)c2-3)-c2ccccc2C4(C)C)cc1. The second-order valence-electron chi connectivity index (χ2n) is 21.5. The molecule has 0 fully saturated rings. The summed E-state index contributed by atoms with van der Waals surface area (Å²) in [6.07, 6.45) is 4.64. The lowest BCUT2D eigenvalue weighted by Crippen LogP contribution is -2.24. The van der Waals surface area contributed by atoms with Crippen molar-refractivity contribution in [2.75, 3.05) is 0 Å². The van der Waals surface area contributed by atoms with Crippen molar-refractivity contribution in [3.05, 3.63) is 220 Å². The minimum absolute atomic E-state index is 0.104. The van der Waals surface area contributed by atoms with E-state index in [1.807, 2.05) is 12.4 Å². The van der Waals surface area contributed by atoms with Crippen LogP contribution in [0.5, 0.6) is 0 Å². The molecule has 1 atom stereocenters. The Kier molecular flexibility index (Phi) is 7.92. The van der Waals surface area contributed by atoms with Crippen LogP contribution in [0.25, 0.3) is 88.4 Å². The van der Waals surface area contributed by atoms with Gasteiger partial charge in [0.15, 0.2) is 0 Å². The Morgan fingerprint density at radius 3 is 1.69 bits per heavy atom. The average molecular weight is 878 g/mol. The van der Waals surface area contributed by atoms with E-state index in [2.05, 4.69) is 205 Å². The zero-order valence-corrected chi connectivity index (χ0v) is 39.6. The first kappa shape index (κ1) is 39.7. The third-order valence-electron chi connectivity index (χ3n) is 16.6. The topological polar surface area (TPSA) is 39.2 Å². The van der Waals surface area contributed by atoms with Crippen LogP contribution in [0, 0.1) is 6.92 Å². The Labute approximate surface area is 397 Å². The Balaban J connectivity index is 0.974. The van der Waals surface area contributed by atoms with E-state index in [0.717, 1.165) is 45.3 Å². The van der Waals surface area contributed by atoms with Crippen LogP contribution < -0.4 is 0 Å². The highest BCUT2D eigenvalue weighted by atomic mass is 16.3. The molecule has 68 heavy (non-hydrogen) atoms. The highest BCUT2D eigenvalue weighted by Crippen LogP contribution is 2.64. The minimum Gasteiger partial charge on any atom is -0.455 e. The molecule has 0 spiro atoms. The number of pyridine rings is 1. The van der Waals surface area contributed by atoms with Gasteiger partial charge in [-0.25, -0.2) is 0 Å². The molecule has 11 aromatic rings. The fourth-order valence-corrected chi connectivity index (χ4v) is 13.2. The van der Waals surface area contributed by atoms with Gasteiger partial charge >= 0.3 is 0 Å². The molecule has 3 aliphatic carbocycles. The maximum absolute atomic E-state index is 7.05. The number of aromatic nitrogens is 1. The summed E-state index contributed by atoms with van der Waals surface area (Å²) in [5, 5.41) is 4.77. The quantitative estimate of drug-likeness (QED) is 0.173. The summed E-state index contributed by atoms with van der Waals surface area (Å²) in [6, 6.07) is 56.8. The van der Waals surface area contributed by atoms with Gasteiger partial charge < -0.3 is 8.83 Å². The number of aryl methyl sites for hydroxylation is 1. The van der Waals surface area contributed by atoms with E-state index in [4.69, 9.17) is 8.83 Å². The number of furan rings is 2. The van der Waals surface area contributed by atoms with Crippen LogP contribution in [0.3, 0.4) is 0 Å². The normalized spacial score (nSPS) is 15.9. The summed E-state index contributed by atoms with van der Waals surface area (Å²) < 4.78 is 13.8. The van der Waals surface area contributed by atoms with Crippen molar-refractivity contribution in [1.29, 1.82) is 0 Å².